The van der Waals surface area contributed by atoms with Crippen LogP contribution in [0.25, 0.3) is 0 Å². The maximum atomic E-state index is 12.3. The first kappa shape index (κ1) is 19.0. The van der Waals surface area contributed by atoms with E-state index in [0.717, 1.165) is 12.1 Å². The topological polar surface area (TPSA) is 96.0 Å². The van der Waals surface area contributed by atoms with Gasteiger partial charge in [-0.1, -0.05) is 19.1 Å². The van der Waals surface area contributed by atoms with Crippen molar-refractivity contribution in [2.75, 3.05) is 16.0 Å². The highest BCUT2D eigenvalue weighted by Crippen LogP contribution is 2.17. The average Bonchev–Trinajstić information content (AvgIpc) is 2.70. The van der Waals surface area contributed by atoms with Gasteiger partial charge in [0, 0.05) is 24.0 Å². The predicted molar refractivity (Wildman–Crippen MR) is 110 cm³/mol. The Morgan fingerprint density at radius 2 is 1.43 bits per heavy atom. The van der Waals surface area contributed by atoms with Crippen LogP contribution in [0, 0.1) is 0 Å². The number of aromatic nitrogens is 2. The summed E-state index contributed by atoms with van der Waals surface area (Å²) in [4.78, 5) is 31.7. The van der Waals surface area contributed by atoms with Crippen molar-refractivity contribution in [3.8, 4) is 0 Å². The van der Waals surface area contributed by atoms with Crippen LogP contribution < -0.4 is 16.0 Å². The van der Waals surface area contributed by atoms with Crippen LogP contribution in [-0.2, 0) is 11.2 Å². The Kier molecular flexibility index (Phi) is 5.96. The van der Waals surface area contributed by atoms with Gasteiger partial charge in [0.2, 0.25) is 5.91 Å². The standard InChI is InChI=1S/C21H21N5O2/c1-3-15-4-6-18(7-5-15)26-21(28)19-12-23-20(13-22-19)25-17-10-8-16(9-11-17)24-14(2)27/h4-13H,3H2,1-2H3,(H,23,25)(H,24,27)(H,26,28). The number of nitrogens with one attached hydrogen (secondary N) is 3. The lowest BCUT2D eigenvalue weighted by atomic mass is 10.1. The molecule has 0 radical (unpaired) electrons. The Morgan fingerprint density at radius 1 is 0.821 bits per heavy atom. The van der Waals surface area contributed by atoms with Gasteiger partial charge in [0.15, 0.2) is 0 Å². The number of carbonyl (C=O) groups is 2. The summed E-state index contributed by atoms with van der Waals surface area (Å²) in [5.41, 5.74) is 3.65. The summed E-state index contributed by atoms with van der Waals surface area (Å²) in [6.07, 6.45) is 3.87. The van der Waals surface area contributed by atoms with Gasteiger partial charge in [-0.3, -0.25) is 9.59 Å². The van der Waals surface area contributed by atoms with Crippen molar-refractivity contribution in [1.82, 2.24) is 9.97 Å². The van der Waals surface area contributed by atoms with E-state index in [2.05, 4.69) is 32.8 Å². The number of anilines is 4. The lowest BCUT2D eigenvalue weighted by Crippen LogP contribution is -2.14. The molecule has 0 bridgehead atoms. The van der Waals surface area contributed by atoms with Crippen LogP contribution in [0.2, 0.25) is 0 Å². The van der Waals surface area contributed by atoms with Crippen molar-refractivity contribution in [2.24, 2.45) is 0 Å². The van der Waals surface area contributed by atoms with Crippen molar-refractivity contribution in [1.29, 1.82) is 0 Å². The SMILES string of the molecule is CCc1ccc(NC(=O)c2cnc(Nc3ccc(NC(C)=O)cc3)cn2)cc1. The summed E-state index contributed by atoms with van der Waals surface area (Å²) in [6.45, 7) is 3.54. The molecule has 0 aliphatic rings. The lowest BCUT2D eigenvalue weighted by Gasteiger charge is -2.08. The number of hydrogen-bond acceptors (Lipinski definition) is 5. The Hall–Kier alpha value is -3.74. The van der Waals surface area contributed by atoms with E-state index in [1.165, 1.54) is 24.9 Å². The molecule has 7 heteroatoms. The van der Waals surface area contributed by atoms with Gasteiger partial charge in [-0.05, 0) is 48.4 Å². The lowest BCUT2D eigenvalue weighted by molar-refractivity contribution is -0.114. The van der Waals surface area contributed by atoms with Gasteiger partial charge in [0.05, 0.1) is 12.4 Å². The van der Waals surface area contributed by atoms with Crippen molar-refractivity contribution >= 4 is 34.7 Å². The predicted octanol–water partition coefficient (Wildman–Crippen LogP) is 3.99. The molecule has 2 aromatic carbocycles. The van der Waals surface area contributed by atoms with Crippen LogP contribution in [0.5, 0.6) is 0 Å². The molecule has 0 fully saturated rings. The van der Waals surface area contributed by atoms with Crippen molar-refractivity contribution in [2.45, 2.75) is 20.3 Å². The van der Waals surface area contributed by atoms with E-state index in [-0.39, 0.29) is 17.5 Å². The summed E-state index contributed by atoms with van der Waals surface area (Å²) in [6, 6.07) is 14.9. The fourth-order valence-electron chi connectivity index (χ4n) is 2.52. The van der Waals surface area contributed by atoms with E-state index >= 15 is 0 Å². The van der Waals surface area contributed by atoms with Crippen LogP contribution in [-0.4, -0.2) is 21.8 Å². The largest absolute Gasteiger partial charge is 0.339 e. The average molecular weight is 375 g/mol. The summed E-state index contributed by atoms with van der Waals surface area (Å²) in [7, 11) is 0. The highest BCUT2D eigenvalue weighted by atomic mass is 16.2. The highest BCUT2D eigenvalue weighted by Gasteiger charge is 2.09. The van der Waals surface area contributed by atoms with Crippen molar-refractivity contribution < 1.29 is 9.59 Å². The minimum Gasteiger partial charge on any atom is -0.339 e. The quantitative estimate of drug-likeness (QED) is 0.605. The van der Waals surface area contributed by atoms with E-state index in [0.29, 0.717) is 17.2 Å². The summed E-state index contributed by atoms with van der Waals surface area (Å²) in [5, 5.41) is 8.60. The number of hydrogen-bond donors (Lipinski definition) is 3. The summed E-state index contributed by atoms with van der Waals surface area (Å²) >= 11 is 0. The molecule has 0 atom stereocenters. The monoisotopic (exact) mass is 375 g/mol. The van der Waals surface area contributed by atoms with Crippen LogP contribution in [0.15, 0.2) is 60.9 Å². The zero-order valence-electron chi connectivity index (χ0n) is 15.7. The number of nitrogens with zero attached hydrogens (tertiary/aromatic N) is 2. The van der Waals surface area contributed by atoms with Gasteiger partial charge >= 0.3 is 0 Å². The molecule has 0 unspecified atom stereocenters. The number of aryl methyl sites for hydroxylation is 1. The first-order valence-electron chi connectivity index (χ1n) is 8.90. The van der Waals surface area contributed by atoms with Crippen molar-refractivity contribution in [3.05, 3.63) is 72.2 Å². The maximum absolute atomic E-state index is 12.3. The normalized spacial score (nSPS) is 10.2. The second-order valence-electron chi connectivity index (χ2n) is 6.18. The zero-order valence-corrected chi connectivity index (χ0v) is 15.7. The molecule has 0 saturated heterocycles. The smallest absolute Gasteiger partial charge is 0.275 e. The van der Waals surface area contributed by atoms with Gasteiger partial charge in [0.1, 0.15) is 11.5 Å². The number of amides is 2. The van der Waals surface area contributed by atoms with Crippen LogP contribution in [0.3, 0.4) is 0 Å². The number of carbonyl (C=O) groups excluding carboxylic acids is 2. The third-order valence-electron chi connectivity index (χ3n) is 3.98. The minimum absolute atomic E-state index is 0.123. The molecule has 0 aliphatic heterocycles. The van der Waals surface area contributed by atoms with Gasteiger partial charge in [0.25, 0.3) is 5.91 Å². The van der Waals surface area contributed by atoms with Crippen LogP contribution in [0.4, 0.5) is 22.9 Å². The van der Waals surface area contributed by atoms with E-state index in [1.54, 1.807) is 12.1 Å². The molecule has 28 heavy (non-hydrogen) atoms. The highest BCUT2D eigenvalue weighted by molar-refractivity contribution is 6.02. The van der Waals surface area contributed by atoms with Crippen molar-refractivity contribution in [3.63, 3.8) is 0 Å². The third-order valence-corrected chi connectivity index (χ3v) is 3.98. The van der Waals surface area contributed by atoms with Crippen LogP contribution >= 0.6 is 0 Å². The molecule has 1 aromatic heterocycles. The molecule has 0 spiro atoms. The van der Waals surface area contributed by atoms with Gasteiger partial charge < -0.3 is 16.0 Å². The van der Waals surface area contributed by atoms with Gasteiger partial charge in [-0.15, -0.1) is 0 Å². The maximum Gasteiger partial charge on any atom is 0.275 e. The second kappa shape index (κ2) is 8.77. The molecule has 0 saturated carbocycles. The number of rotatable bonds is 6. The second-order valence-corrected chi connectivity index (χ2v) is 6.18. The molecular formula is C21H21N5O2. The zero-order chi connectivity index (χ0) is 19.9. The Balaban J connectivity index is 1.60. The first-order valence-corrected chi connectivity index (χ1v) is 8.90. The third kappa shape index (κ3) is 5.14. The minimum atomic E-state index is -0.317. The molecule has 3 aromatic rings. The van der Waals surface area contributed by atoms with E-state index < -0.39 is 0 Å². The fourth-order valence-corrected chi connectivity index (χ4v) is 2.52. The van der Waals surface area contributed by atoms with Gasteiger partial charge in [-0.25, -0.2) is 9.97 Å². The molecular weight excluding hydrogens is 354 g/mol. The molecule has 0 aliphatic carbocycles. The van der Waals surface area contributed by atoms with E-state index in [9.17, 15) is 9.59 Å². The van der Waals surface area contributed by atoms with Crippen LogP contribution in [0.1, 0.15) is 29.9 Å². The van der Waals surface area contributed by atoms with Gasteiger partial charge in [-0.2, -0.15) is 0 Å². The molecule has 1 heterocycles. The molecule has 2 amide bonds. The summed E-state index contributed by atoms with van der Waals surface area (Å²) in [5.74, 6) is 0.0702. The molecule has 3 N–H and O–H groups in total. The Labute approximate surface area is 163 Å². The molecule has 3 rings (SSSR count). The first-order chi connectivity index (χ1) is 13.5. The Morgan fingerprint density at radius 3 is 2.00 bits per heavy atom. The summed E-state index contributed by atoms with van der Waals surface area (Å²) < 4.78 is 0. The van der Waals surface area contributed by atoms with E-state index in [4.69, 9.17) is 0 Å². The Bertz CT molecular complexity index is 952. The van der Waals surface area contributed by atoms with E-state index in [1.807, 2.05) is 36.4 Å². The fraction of sp³-hybridized carbons (Fsp3) is 0.143. The molecule has 142 valence electrons. The molecule has 7 nitrogen and oxygen atoms in total. The number of benzene rings is 2.